The van der Waals surface area contributed by atoms with Crippen LogP contribution in [0, 0.1) is 12.8 Å². The summed E-state index contributed by atoms with van der Waals surface area (Å²) in [6.45, 7) is 7.22. The van der Waals surface area contributed by atoms with Gasteiger partial charge in [0, 0.05) is 37.0 Å². The molecule has 3 heteroatoms. The monoisotopic (exact) mass is 234 g/mol. The maximum absolute atomic E-state index is 5.97. The lowest BCUT2D eigenvalue weighted by atomic mass is 9.88. The average molecular weight is 234 g/mol. The Hall–Kier alpha value is -0.930. The fourth-order valence-corrected chi connectivity index (χ4v) is 2.50. The van der Waals surface area contributed by atoms with Crippen molar-refractivity contribution in [1.29, 1.82) is 0 Å². The van der Waals surface area contributed by atoms with Crippen LogP contribution in [0.15, 0.2) is 18.5 Å². The molecule has 2 atom stereocenters. The lowest BCUT2D eigenvalue weighted by Crippen LogP contribution is -2.32. The molecule has 0 aliphatic carbocycles. The fraction of sp³-hybridized carbons (Fsp3) is 0.643. The molecule has 1 aliphatic rings. The van der Waals surface area contributed by atoms with Gasteiger partial charge in [0.05, 0.1) is 6.10 Å². The number of nitrogens with one attached hydrogen (secondary N) is 1. The van der Waals surface area contributed by atoms with E-state index in [0.29, 0.717) is 5.92 Å². The molecule has 0 saturated carbocycles. The Kier molecular flexibility index (Phi) is 4.51. The first kappa shape index (κ1) is 12.5. The summed E-state index contributed by atoms with van der Waals surface area (Å²) >= 11 is 0. The highest BCUT2D eigenvalue weighted by molar-refractivity contribution is 5.25. The van der Waals surface area contributed by atoms with Crippen LogP contribution >= 0.6 is 0 Å². The Morgan fingerprint density at radius 1 is 1.53 bits per heavy atom. The zero-order valence-electron chi connectivity index (χ0n) is 10.8. The number of aromatic nitrogens is 1. The van der Waals surface area contributed by atoms with E-state index < -0.39 is 0 Å². The molecule has 0 bridgehead atoms. The predicted octanol–water partition coefficient (Wildman–Crippen LogP) is 2.47. The first-order valence-corrected chi connectivity index (χ1v) is 6.55. The molecule has 1 fully saturated rings. The molecule has 0 aromatic carbocycles. The third-order valence-corrected chi connectivity index (χ3v) is 3.49. The highest BCUT2D eigenvalue weighted by atomic mass is 16.5. The first-order valence-electron chi connectivity index (χ1n) is 6.55. The van der Waals surface area contributed by atoms with Gasteiger partial charge < -0.3 is 10.1 Å². The van der Waals surface area contributed by atoms with Gasteiger partial charge in [0.25, 0.3) is 0 Å². The van der Waals surface area contributed by atoms with E-state index in [0.717, 1.165) is 19.7 Å². The minimum absolute atomic E-state index is 0.219. The van der Waals surface area contributed by atoms with Gasteiger partial charge in [-0.15, -0.1) is 0 Å². The second-order valence-corrected chi connectivity index (χ2v) is 4.73. The maximum Gasteiger partial charge on any atom is 0.0882 e. The van der Waals surface area contributed by atoms with Crippen LogP contribution < -0.4 is 5.32 Å². The summed E-state index contributed by atoms with van der Waals surface area (Å²) in [6.07, 6.45) is 6.44. The van der Waals surface area contributed by atoms with Crippen LogP contribution in [-0.4, -0.2) is 24.7 Å². The predicted molar refractivity (Wildman–Crippen MR) is 68.9 cm³/mol. The molecule has 94 valence electrons. The van der Waals surface area contributed by atoms with E-state index in [1.807, 2.05) is 12.4 Å². The summed E-state index contributed by atoms with van der Waals surface area (Å²) < 4.78 is 5.97. The highest BCUT2D eigenvalue weighted by Crippen LogP contribution is 2.34. The van der Waals surface area contributed by atoms with E-state index in [4.69, 9.17) is 4.74 Å². The molecule has 17 heavy (non-hydrogen) atoms. The largest absolute Gasteiger partial charge is 0.373 e. The molecular formula is C14H22N2O. The van der Waals surface area contributed by atoms with Crippen LogP contribution in [0.25, 0.3) is 0 Å². The van der Waals surface area contributed by atoms with Crippen LogP contribution in [0.3, 0.4) is 0 Å². The zero-order chi connectivity index (χ0) is 12.1. The van der Waals surface area contributed by atoms with Gasteiger partial charge in [-0.25, -0.2) is 0 Å². The molecule has 0 spiro atoms. The zero-order valence-corrected chi connectivity index (χ0v) is 10.8. The van der Waals surface area contributed by atoms with E-state index in [2.05, 4.69) is 30.2 Å². The van der Waals surface area contributed by atoms with E-state index in [1.54, 1.807) is 0 Å². The van der Waals surface area contributed by atoms with E-state index in [1.165, 1.54) is 24.0 Å². The van der Waals surface area contributed by atoms with Gasteiger partial charge in [-0.05, 0) is 37.9 Å². The Morgan fingerprint density at radius 2 is 2.41 bits per heavy atom. The number of pyridine rings is 1. The first-order chi connectivity index (χ1) is 8.33. The number of rotatable bonds is 4. The van der Waals surface area contributed by atoms with Gasteiger partial charge in [0.15, 0.2) is 0 Å². The van der Waals surface area contributed by atoms with E-state index in [-0.39, 0.29) is 6.10 Å². The van der Waals surface area contributed by atoms with Gasteiger partial charge in [0.1, 0.15) is 0 Å². The average Bonchev–Trinajstić information content (AvgIpc) is 2.37. The Morgan fingerprint density at radius 3 is 3.18 bits per heavy atom. The number of nitrogens with zero attached hydrogens (tertiary/aromatic N) is 1. The molecule has 0 radical (unpaired) electrons. The second kappa shape index (κ2) is 6.12. The number of hydrogen-bond acceptors (Lipinski definition) is 3. The van der Waals surface area contributed by atoms with Crippen molar-refractivity contribution in [3.63, 3.8) is 0 Å². The summed E-state index contributed by atoms with van der Waals surface area (Å²) in [5.41, 5.74) is 2.54. The molecule has 3 nitrogen and oxygen atoms in total. The molecule has 1 aromatic heterocycles. The number of hydrogen-bond donors (Lipinski definition) is 1. The van der Waals surface area contributed by atoms with Crippen molar-refractivity contribution in [2.75, 3.05) is 19.7 Å². The SMILES string of the molecule is CCNCC1CCCOC1c1cnccc1C. The topological polar surface area (TPSA) is 34.1 Å². The van der Waals surface area contributed by atoms with Gasteiger partial charge in [-0.1, -0.05) is 6.92 Å². The van der Waals surface area contributed by atoms with Crippen LogP contribution in [-0.2, 0) is 4.74 Å². The lowest BCUT2D eigenvalue weighted by Gasteiger charge is -2.32. The minimum Gasteiger partial charge on any atom is -0.373 e. The van der Waals surface area contributed by atoms with Crippen molar-refractivity contribution in [2.45, 2.75) is 32.8 Å². The van der Waals surface area contributed by atoms with Gasteiger partial charge in [-0.3, -0.25) is 4.98 Å². The molecule has 1 saturated heterocycles. The third kappa shape index (κ3) is 3.05. The summed E-state index contributed by atoms with van der Waals surface area (Å²) in [4.78, 5) is 4.24. The lowest BCUT2D eigenvalue weighted by molar-refractivity contribution is -0.0281. The van der Waals surface area contributed by atoms with Crippen molar-refractivity contribution in [3.05, 3.63) is 29.6 Å². The molecule has 2 heterocycles. The summed E-state index contributed by atoms with van der Waals surface area (Å²) in [7, 11) is 0. The molecule has 1 N–H and O–H groups in total. The molecule has 0 amide bonds. The van der Waals surface area contributed by atoms with Crippen molar-refractivity contribution in [2.24, 2.45) is 5.92 Å². The minimum atomic E-state index is 0.219. The Bertz CT molecular complexity index is 354. The Labute approximate surface area is 104 Å². The van der Waals surface area contributed by atoms with Crippen molar-refractivity contribution in [3.8, 4) is 0 Å². The van der Waals surface area contributed by atoms with Crippen molar-refractivity contribution >= 4 is 0 Å². The molecule has 1 aliphatic heterocycles. The van der Waals surface area contributed by atoms with Gasteiger partial charge in [0.2, 0.25) is 0 Å². The summed E-state index contributed by atoms with van der Waals surface area (Å²) in [5, 5.41) is 3.44. The third-order valence-electron chi connectivity index (χ3n) is 3.49. The van der Waals surface area contributed by atoms with Crippen LogP contribution in [0.1, 0.15) is 37.0 Å². The summed E-state index contributed by atoms with van der Waals surface area (Å²) in [5.74, 6) is 0.576. The Balaban J connectivity index is 2.13. The van der Waals surface area contributed by atoms with Crippen LogP contribution in [0.5, 0.6) is 0 Å². The van der Waals surface area contributed by atoms with Crippen molar-refractivity contribution in [1.82, 2.24) is 10.3 Å². The number of ether oxygens (including phenoxy) is 1. The van der Waals surface area contributed by atoms with Crippen LogP contribution in [0.2, 0.25) is 0 Å². The quantitative estimate of drug-likeness (QED) is 0.869. The standard InChI is InChI=1S/C14H22N2O/c1-3-15-9-12-5-4-8-17-14(12)13-10-16-7-6-11(13)2/h6-7,10,12,14-15H,3-5,8-9H2,1-2H3. The highest BCUT2D eigenvalue weighted by Gasteiger charge is 2.28. The summed E-state index contributed by atoms with van der Waals surface area (Å²) in [6, 6.07) is 2.07. The normalized spacial score (nSPS) is 24.8. The van der Waals surface area contributed by atoms with Gasteiger partial charge >= 0.3 is 0 Å². The smallest absolute Gasteiger partial charge is 0.0882 e. The molecule has 2 unspecified atom stereocenters. The molecule has 2 rings (SSSR count). The van der Waals surface area contributed by atoms with E-state index >= 15 is 0 Å². The van der Waals surface area contributed by atoms with E-state index in [9.17, 15) is 0 Å². The van der Waals surface area contributed by atoms with Crippen molar-refractivity contribution < 1.29 is 4.74 Å². The van der Waals surface area contributed by atoms with Gasteiger partial charge in [-0.2, -0.15) is 0 Å². The molecule has 1 aromatic rings. The second-order valence-electron chi connectivity index (χ2n) is 4.73. The number of aryl methyl sites for hydroxylation is 1. The molecular weight excluding hydrogens is 212 g/mol. The van der Waals surface area contributed by atoms with Crippen LogP contribution in [0.4, 0.5) is 0 Å². The maximum atomic E-state index is 5.97. The fourth-order valence-electron chi connectivity index (χ4n) is 2.50.